The van der Waals surface area contributed by atoms with Gasteiger partial charge in [-0.1, -0.05) is 26.0 Å². The fraction of sp³-hybridized carbons (Fsp3) is 0.562. The summed E-state index contributed by atoms with van der Waals surface area (Å²) in [4.78, 5) is 11.8. The molecule has 1 aliphatic rings. The van der Waals surface area contributed by atoms with E-state index in [0.29, 0.717) is 12.0 Å². The average Bonchev–Trinajstić information content (AvgIpc) is 2.80. The van der Waals surface area contributed by atoms with Gasteiger partial charge in [-0.05, 0) is 36.5 Å². The van der Waals surface area contributed by atoms with Gasteiger partial charge in [-0.3, -0.25) is 10.1 Å². The molecule has 1 saturated heterocycles. The molecule has 0 amide bonds. The smallest absolute Gasteiger partial charge is 0.323 e. The molecule has 0 aromatic heterocycles. The van der Waals surface area contributed by atoms with Gasteiger partial charge in [0.1, 0.15) is 11.4 Å². The quantitative estimate of drug-likeness (QED) is 0.856. The number of halogens is 1. The predicted molar refractivity (Wildman–Crippen MR) is 85.3 cm³/mol. The van der Waals surface area contributed by atoms with E-state index in [-0.39, 0.29) is 12.3 Å². The zero-order chi connectivity index (χ0) is 17.4. The zero-order valence-corrected chi connectivity index (χ0v) is 14.2. The van der Waals surface area contributed by atoms with E-state index >= 15 is 0 Å². The summed E-state index contributed by atoms with van der Waals surface area (Å²) in [6, 6.07) is 4.83. The molecule has 3 atom stereocenters. The van der Waals surface area contributed by atoms with Crippen LogP contribution in [0.3, 0.4) is 0 Å². The van der Waals surface area contributed by atoms with Crippen molar-refractivity contribution >= 4 is 15.8 Å². The Morgan fingerprint density at radius 3 is 2.39 bits per heavy atom. The molecular formula is C16H22FNO4S. The number of hydrogen-bond acceptors (Lipinski definition) is 4. The minimum absolute atomic E-state index is 0.00138. The fourth-order valence-corrected chi connectivity index (χ4v) is 4.66. The van der Waals surface area contributed by atoms with Crippen LogP contribution in [0.25, 0.3) is 0 Å². The van der Waals surface area contributed by atoms with Crippen LogP contribution in [0.5, 0.6) is 0 Å². The Kier molecular flexibility index (Phi) is 4.82. The van der Waals surface area contributed by atoms with Crippen LogP contribution < -0.4 is 5.32 Å². The van der Waals surface area contributed by atoms with Crippen molar-refractivity contribution in [3.05, 3.63) is 35.6 Å². The molecule has 1 heterocycles. The first-order valence-electron chi connectivity index (χ1n) is 7.50. The molecule has 128 valence electrons. The summed E-state index contributed by atoms with van der Waals surface area (Å²) < 4.78 is 37.5. The summed E-state index contributed by atoms with van der Waals surface area (Å²) in [5.74, 6) is -1.38. The van der Waals surface area contributed by atoms with E-state index in [1.807, 2.05) is 13.8 Å². The Bertz CT molecular complexity index is 687. The predicted octanol–water partition coefficient (Wildman–Crippen LogP) is 2.14. The van der Waals surface area contributed by atoms with Gasteiger partial charge < -0.3 is 5.11 Å². The van der Waals surface area contributed by atoms with Gasteiger partial charge in [0.05, 0.1) is 5.25 Å². The highest BCUT2D eigenvalue weighted by Gasteiger charge is 2.53. The lowest BCUT2D eigenvalue weighted by molar-refractivity contribution is -0.145. The van der Waals surface area contributed by atoms with Crippen molar-refractivity contribution in [1.29, 1.82) is 0 Å². The monoisotopic (exact) mass is 343 g/mol. The Morgan fingerprint density at radius 1 is 1.39 bits per heavy atom. The number of benzene rings is 1. The molecule has 0 aliphatic carbocycles. The zero-order valence-electron chi connectivity index (χ0n) is 13.4. The minimum atomic E-state index is -3.47. The number of rotatable bonds is 5. The average molecular weight is 343 g/mol. The van der Waals surface area contributed by atoms with Crippen LogP contribution in [0.1, 0.15) is 38.3 Å². The van der Waals surface area contributed by atoms with Gasteiger partial charge in [-0.25, -0.2) is 12.8 Å². The van der Waals surface area contributed by atoms with E-state index in [1.54, 1.807) is 0 Å². The van der Waals surface area contributed by atoms with Crippen molar-refractivity contribution in [2.24, 2.45) is 5.92 Å². The van der Waals surface area contributed by atoms with Gasteiger partial charge in [0.25, 0.3) is 0 Å². The Labute approximate surface area is 135 Å². The van der Waals surface area contributed by atoms with Gasteiger partial charge in [0, 0.05) is 12.3 Å². The fourth-order valence-electron chi connectivity index (χ4n) is 3.35. The lowest BCUT2D eigenvalue weighted by Gasteiger charge is -2.27. The summed E-state index contributed by atoms with van der Waals surface area (Å²) >= 11 is 0. The molecule has 0 saturated carbocycles. The second-order valence-electron chi connectivity index (χ2n) is 6.73. The highest BCUT2D eigenvalue weighted by atomic mass is 32.2. The van der Waals surface area contributed by atoms with Crippen LogP contribution in [0, 0.1) is 11.7 Å². The van der Waals surface area contributed by atoms with Crippen LogP contribution in [-0.4, -0.2) is 36.5 Å². The normalized spacial score (nSPS) is 28.2. The van der Waals surface area contributed by atoms with E-state index in [4.69, 9.17) is 0 Å². The van der Waals surface area contributed by atoms with Gasteiger partial charge in [-0.15, -0.1) is 0 Å². The Balaban J connectivity index is 2.47. The van der Waals surface area contributed by atoms with E-state index in [0.717, 1.165) is 6.26 Å². The van der Waals surface area contributed by atoms with E-state index in [1.165, 1.54) is 24.3 Å². The number of carbonyl (C=O) groups is 1. The molecule has 1 aromatic rings. The maximum absolute atomic E-state index is 13.1. The first kappa shape index (κ1) is 17.9. The first-order chi connectivity index (χ1) is 10.5. The molecule has 0 radical (unpaired) electrons. The molecular weight excluding hydrogens is 321 g/mol. The van der Waals surface area contributed by atoms with Crippen molar-refractivity contribution in [2.45, 2.75) is 43.5 Å². The molecule has 5 nitrogen and oxygen atoms in total. The van der Waals surface area contributed by atoms with Gasteiger partial charge in [0.2, 0.25) is 0 Å². The van der Waals surface area contributed by atoms with Crippen molar-refractivity contribution in [3.63, 3.8) is 0 Å². The number of nitrogens with one attached hydrogen (secondary N) is 1. The van der Waals surface area contributed by atoms with Crippen LogP contribution in [0.4, 0.5) is 4.39 Å². The molecule has 1 aromatic carbocycles. The molecule has 2 N–H and O–H groups in total. The number of hydrogen-bond donors (Lipinski definition) is 2. The third-order valence-electron chi connectivity index (χ3n) is 4.30. The van der Waals surface area contributed by atoms with Crippen LogP contribution >= 0.6 is 0 Å². The maximum atomic E-state index is 13.1. The molecule has 23 heavy (non-hydrogen) atoms. The maximum Gasteiger partial charge on any atom is 0.323 e. The summed E-state index contributed by atoms with van der Waals surface area (Å²) in [5, 5.41) is 11.9. The standard InChI is InChI=1S/C16H22FNO4S/c1-10(2)8-16(15(19)20)9-13(23(3,21)22)14(18-16)11-4-6-12(17)7-5-11/h4-7,10,13-14,18H,8-9H2,1-3H3,(H,19,20)/t13-,14?,16+/m0/s1. The van der Waals surface area contributed by atoms with Crippen LogP contribution in [-0.2, 0) is 14.6 Å². The van der Waals surface area contributed by atoms with Crippen molar-refractivity contribution in [3.8, 4) is 0 Å². The highest BCUT2D eigenvalue weighted by Crippen LogP contribution is 2.40. The lowest BCUT2D eigenvalue weighted by Crippen LogP contribution is -2.49. The highest BCUT2D eigenvalue weighted by molar-refractivity contribution is 7.91. The molecule has 1 fully saturated rings. The number of aliphatic carboxylic acids is 1. The lowest BCUT2D eigenvalue weighted by atomic mass is 9.87. The third kappa shape index (κ3) is 3.72. The largest absolute Gasteiger partial charge is 0.480 e. The SMILES string of the molecule is CC(C)C[C@]1(C(=O)O)C[C@H](S(C)(=O)=O)C(c2ccc(F)cc2)N1. The Morgan fingerprint density at radius 2 is 1.96 bits per heavy atom. The van der Waals surface area contributed by atoms with E-state index < -0.39 is 38.5 Å². The van der Waals surface area contributed by atoms with Gasteiger partial charge in [0.15, 0.2) is 9.84 Å². The molecule has 0 spiro atoms. The second kappa shape index (κ2) is 6.20. The minimum Gasteiger partial charge on any atom is -0.480 e. The molecule has 1 aliphatic heterocycles. The van der Waals surface area contributed by atoms with Crippen LogP contribution in [0.2, 0.25) is 0 Å². The summed E-state index contributed by atoms with van der Waals surface area (Å²) in [6.45, 7) is 3.79. The number of carboxylic acid groups (broad SMARTS) is 1. The summed E-state index contributed by atoms with van der Waals surface area (Å²) in [5.41, 5.74) is -0.713. The van der Waals surface area contributed by atoms with Gasteiger partial charge in [-0.2, -0.15) is 0 Å². The van der Waals surface area contributed by atoms with Crippen LogP contribution in [0.15, 0.2) is 24.3 Å². The molecule has 1 unspecified atom stereocenters. The van der Waals surface area contributed by atoms with E-state index in [9.17, 15) is 22.7 Å². The Hall–Kier alpha value is -1.47. The number of sulfone groups is 1. The second-order valence-corrected chi connectivity index (χ2v) is 9.00. The third-order valence-corrected chi connectivity index (χ3v) is 5.84. The molecule has 2 rings (SSSR count). The summed E-state index contributed by atoms with van der Waals surface area (Å²) in [6.07, 6.45) is 1.44. The van der Waals surface area contributed by atoms with E-state index in [2.05, 4.69) is 5.32 Å². The summed E-state index contributed by atoms with van der Waals surface area (Å²) in [7, 11) is -3.47. The van der Waals surface area contributed by atoms with Crippen molar-refractivity contribution in [1.82, 2.24) is 5.32 Å². The first-order valence-corrected chi connectivity index (χ1v) is 9.46. The molecule has 7 heteroatoms. The number of carboxylic acids is 1. The van der Waals surface area contributed by atoms with Gasteiger partial charge >= 0.3 is 5.97 Å². The van der Waals surface area contributed by atoms with Crippen molar-refractivity contribution < 1.29 is 22.7 Å². The molecule has 0 bridgehead atoms. The van der Waals surface area contributed by atoms with Crippen molar-refractivity contribution in [2.75, 3.05) is 6.26 Å². The topological polar surface area (TPSA) is 83.5 Å².